The van der Waals surface area contributed by atoms with Crippen molar-refractivity contribution in [3.05, 3.63) is 24.0 Å². The van der Waals surface area contributed by atoms with Gasteiger partial charge in [-0.15, -0.1) is 0 Å². The molecule has 0 radical (unpaired) electrons. The van der Waals surface area contributed by atoms with E-state index in [1.54, 1.807) is 6.92 Å². The molecule has 2 fully saturated rings. The maximum atomic E-state index is 13.0. The van der Waals surface area contributed by atoms with Gasteiger partial charge in [-0.1, -0.05) is 5.16 Å². The smallest absolute Gasteiger partial charge is 0.370 e. The fourth-order valence-corrected chi connectivity index (χ4v) is 4.00. The molecule has 2 aliphatic heterocycles. The molecule has 1 aromatic heterocycles. The van der Waals surface area contributed by atoms with Gasteiger partial charge < -0.3 is 14.3 Å². The van der Waals surface area contributed by atoms with E-state index in [2.05, 4.69) is 19.9 Å². The second-order valence-electron chi connectivity index (χ2n) is 7.35. The Kier molecular flexibility index (Phi) is 4.74. The Morgan fingerprint density at radius 2 is 1.67 bits per heavy atom. The first-order valence-corrected chi connectivity index (χ1v) is 9.43. The summed E-state index contributed by atoms with van der Waals surface area (Å²) < 4.78 is 44.3. The maximum Gasteiger partial charge on any atom is 0.391 e. The first-order chi connectivity index (χ1) is 12.9. The maximum absolute atomic E-state index is 13.0. The van der Waals surface area contributed by atoms with Crippen LogP contribution in [0.2, 0.25) is 0 Å². The van der Waals surface area contributed by atoms with Crippen molar-refractivity contribution in [3.63, 3.8) is 0 Å². The number of halogens is 3. The fraction of sp³-hybridized carbons (Fsp3) is 0.579. The number of aryl methyl sites for hydroxylation is 1. The molecule has 0 saturated carbocycles. The highest BCUT2D eigenvalue weighted by Crippen LogP contribution is 2.40. The topological polar surface area (TPSA) is 45.4 Å². The predicted octanol–water partition coefficient (Wildman–Crippen LogP) is 4.42. The number of hydrogen-bond donors (Lipinski definition) is 0. The molecule has 0 aliphatic carbocycles. The Morgan fingerprint density at radius 1 is 1.00 bits per heavy atom. The summed E-state index contributed by atoms with van der Waals surface area (Å²) in [6.45, 7) is 4.53. The van der Waals surface area contributed by atoms with Gasteiger partial charge in [-0.2, -0.15) is 18.2 Å². The van der Waals surface area contributed by atoms with E-state index in [4.69, 9.17) is 4.52 Å². The van der Waals surface area contributed by atoms with Gasteiger partial charge in [0, 0.05) is 31.7 Å². The van der Waals surface area contributed by atoms with E-state index in [1.807, 2.05) is 18.2 Å². The molecular formula is C19H23F3N4O. The van der Waals surface area contributed by atoms with Crippen LogP contribution < -0.4 is 9.80 Å². The number of nitrogens with zero attached hydrogens (tertiary/aromatic N) is 4. The molecule has 146 valence electrons. The Hall–Kier alpha value is -2.25. The molecule has 0 spiro atoms. The summed E-state index contributed by atoms with van der Waals surface area (Å²) in [5, 5.41) is 3.85. The normalized spacial score (nSPS) is 19.1. The van der Waals surface area contributed by atoms with Crippen LogP contribution in [-0.4, -0.2) is 42.5 Å². The average Bonchev–Trinajstić information content (AvgIpc) is 3.32. The zero-order valence-electron chi connectivity index (χ0n) is 15.3. The molecule has 3 heterocycles. The molecule has 0 atom stereocenters. The first kappa shape index (κ1) is 18.1. The minimum Gasteiger partial charge on any atom is -0.370 e. The minimum atomic E-state index is -4.09. The van der Waals surface area contributed by atoms with Gasteiger partial charge >= 0.3 is 6.18 Å². The first-order valence-electron chi connectivity index (χ1n) is 9.43. The molecule has 0 N–H and O–H groups in total. The van der Waals surface area contributed by atoms with E-state index in [9.17, 15) is 13.2 Å². The van der Waals surface area contributed by atoms with Crippen LogP contribution in [0.4, 0.5) is 24.5 Å². The molecule has 0 unspecified atom stereocenters. The summed E-state index contributed by atoms with van der Waals surface area (Å²) >= 11 is 0. The lowest BCUT2D eigenvalue weighted by Gasteiger charge is -2.36. The van der Waals surface area contributed by atoms with Gasteiger partial charge in [0.2, 0.25) is 0 Å². The Balaban J connectivity index is 1.62. The van der Waals surface area contributed by atoms with Crippen molar-refractivity contribution in [1.29, 1.82) is 0 Å². The number of anilines is 2. The number of alkyl halides is 3. The molecule has 5 nitrogen and oxygen atoms in total. The highest BCUT2D eigenvalue weighted by atomic mass is 19.4. The number of hydrogen-bond acceptors (Lipinski definition) is 5. The van der Waals surface area contributed by atoms with E-state index < -0.39 is 12.1 Å². The van der Waals surface area contributed by atoms with Crippen molar-refractivity contribution in [2.45, 2.75) is 38.8 Å². The van der Waals surface area contributed by atoms with Crippen LogP contribution in [0.3, 0.4) is 0 Å². The van der Waals surface area contributed by atoms with Crippen LogP contribution in [0.5, 0.6) is 0 Å². The molecule has 27 heavy (non-hydrogen) atoms. The van der Waals surface area contributed by atoms with Gasteiger partial charge in [0.1, 0.15) is 0 Å². The summed E-state index contributed by atoms with van der Waals surface area (Å²) in [4.78, 5) is 8.68. The molecule has 2 aromatic rings. The van der Waals surface area contributed by atoms with Gasteiger partial charge in [0.15, 0.2) is 5.82 Å². The van der Waals surface area contributed by atoms with Gasteiger partial charge in [-0.25, -0.2) is 0 Å². The summed E-state index contributed by atoms with van der Waals surface area (Å²) in [6, 6.07) is 5.93. The summed E-state index contributed by atoms with van der Waals surface area (Å²) in [5.74, 6) is -0.147. The Labute approximate surface area is 156 Å². The van der Waals surface area contributed by atoms with Crippen LogP contribution in [0, 0.1) is 12.8 Å². The second kappa shape index (κ2) is 7.05. The second-order valence-corrected chi connectivity index (χ2v) is 7.35. The molecule has 0 bridgehead atoms. The van der Waals surface area contributed by atoms with Crippen molar-refractivity contribution >= 4 is 11.4 Å². The van der Waals surface area contributed by atoms with E-state index in [-0.39, 0.29) is 12.8 Å². The van der Waals surface area contributed by atoms with Crippen molar-refractivity contribution in [2.75, 3.05) is 36.0 Å². The summed E-state index contributed by atoms with van der Waals surface area (Å²) in [5.41, 5.74) is 2.88. The van der Waals surface area contributed by atoms with Crippen LogP contribution in [0.15, 0.2) is 22.7 Å². The lowest BCUT2D eigenvalue weighted by molar-refractivity contribution is -0.179. The van der Waals surface area contributed by atoms with Crippen molar-refractivity contribution in [2.24, 2.45) is 5.92 Å². The van der Waals surface area contributed by atoms with Crippen LogP contribution in [-0.2, 0) is 0 Å². The van der Waals surface area contributed by atoms with Crippen molar-refractivity contribution < 1.29 is 17.7 Å². The average molecular weight is 380 g/mol. The van der Waals surface area contributed by atoms with Crippen molar-refractivity contribution in [3.8, 4) is 11.5 Å². The molecule has 0 amide bonds. The summed E-state index contributed by atoms with van der Waals surface area (Å²) in [6.07, 6.45) is -1.55. The van der Waals surface area contributed by atoms with Crippen LogP contribution in [0.25, 0.3) is 11.5 Å². The van der Waals surface area contributed by atoms with E-state index in [0.29, 0.717) is 24.8 Å². The Bertz CT molecular complexity index is 790. The standard InChI is InChI=1S/C19H23F3N4O/c1-13-23-18(27-24-13)14-4-5-16(17(12-14)25-8-2-3-9-25)26-10-6-15(7-11-26)19(20,21)22/h4-5,12,15H,2-3,6-11H2,1H3. The molecule has 4 rings (SSSR count). The number of rotatable bonds is 3. The molecule has 2 saturated heterocycles. The molecular weight excluding hydrogens is 357 g/mol. The van der Waals surface area contributed by atoms with E-state index in [0.717, 1.165) is 42.9 Å². The highest BCUT2D eigenvalue weighted by molar-refractivity contribution is 5.77. The quantitative estimate of drug-likeness (QED) is 0.789. The SMILES string of the molecule is Cc1noc(-c2ccc(N3CCC(C(F)(F)F)CC3)c(N3CCCC3)c2)n1. The van der Waals surface area contributed by atoms with Crippen molar-refractivity contribution in [1.82, 2.24) is 10.1 Å². The zero-order valence-corrected chi connectivity index (χ0v) is 15.3. The predicted molar refractivity (Wildman–Crippen MR) is 96.9 cm³/mol. The fourth-order valence-electron chi connectivity index (χ4n) is 4.00. The number of benzene rings is 1. The molecule has 8 heteroatoms. The third kappa shape index (κ3) is 3.75. The minimum absolute atomic E-state index is 0.146. The molecule has 1 aromatic carbocycles. The van der Waals surface area contributed by atoms with Gasteiger partial charge in [0.05, 0.1) is 17.3 Å². The molecule has 2 aliphatic rings. The van der Waals surface area contributed by atoms with Crippen LogP contribution in [0.1, 0.15) is 31.5 Å². The Morgan fingerprint density at radius 3 is 2.26 bits per heavy atom. The van der Waals surface area contributed by atoms with E-state index in [1.165, 1.54) is 0 Å². The van der Waals surface area contributed by atoms with Gasteiger partial charge in [-0.3, -0.25) is 0 Å². The lowest BCUT2D eigenvalue weighted by Crippen LogP contribution is -2.39. The van der Waals surface area contributed by atoms with Gasteiger partial charge in [-0.05, 0) is 50.8 Å². The zero-order chi connectivity index (χ0) is 19.0. The number of piperidine rings is 1. The van der Waals surface area contributed by atoms with Gasteiger partial charge in [0.25, 0.3) is 5.89 Å². The third-order valence-corrected chi connectivity index (χ3v) is 5.50. The van der Waals surface area contributed by atoms with Crippen LogP contribution >= 0.6 is 0 Å². The summed E-state index contributed by atoms with van der Waals surface area (Å²) in [7, 11) is 0. The third-order valence-electron chi connectivity index (χ3n) is 5.50. The highest BCUT2D eigenvalue weighted by Gasteiger charge is 2.41. The van der Waals surface area contributed by atoms with E-state index >= 15 is 0 Å². The lowest BCUT2D eigenvalue weighted by atomic mass is 9.95. The largest absolute Gasteiger partial charge is 0.391 e. The number of aromatic nitrogens is 2. The monoisotopic (exact) mass is 380 g/mol.